The number of nitrogens with zero attached hydrogens (tertiary/aromatic N) is 3. The van der Waals surface area contributed by atoms with E-state index in [2.05, 4.69) is 4.98 Å². The summed E-state index contributed by atoms with van der Waals surface area (Å²) < 4.78 is 13.2. The number of oxazole rings is 1. The summed E-state index contributed by atoms with van der Waals surface area (Å²) in [6.45, 7) is 0. The molecule has 3 aromatic carbocycles. The monoisotopic (exact) mass is 367 g/mol. The van der Waals surface area contributed by atoms with Crippen molar-refractivity contribution >= 4 is 11.1 Å². The maximum atomic E-state index is 6.02. The first-order valence-electron chi connectivity index (χ1n) is 8.97. The molecule has 0 unspecified atom stereocenters. The minimum atomic E-state index is 0.550. The van der Waals surface area contributed by atoms with Gasteiger partial charge in [0, 0.05) is 11.8 Å². The van der Waals surface area contributed by atoms with Crippen LogP contribution in [0.4, 0.5) is 0 Å². The molecule has 0 N–H and O–H groups in total. The number of hydrogen-bond donors (Lipinski definition) is 0. The van der Waals surface area contributed by atoms with Gasteiger partial charge in [0.2, 0.25) is 5.89 Å². The number of para-hydroxylation sites is 3. The quantitative estimate of drug-likeness (QED) is 0.429. The zero-order chi connectivity index (χ0) is 18.9. The molecule has 5 nitrogen and oxygen atoms in total. The molecule has 0 fully saturated rings. The fraction of sp³-hybridized carbons (Fsp3) is 0.0435. The maximum absolute atomic E-state index is 6.02. The second-order valence-electron chi connectivity index (χ2n) is 6.39. The van der Waals surface area contributed by atoms with E-state index >= 15 is 0 Å². The lowest BCUT2D eigenvalue weighted by molar-refractivity contribution is 0.415. The van der Waals surface area contributed by atoms with Gasteiger partial charge in [-0.1, -0.05) is 30.3 Å². The number of methoxy groups -OCH3 is 1. The minimum Gasteiger partial charge on any atom is -0.497 e. The zero-order valence-corrected chi connectivity index (χ0v) is 15.2. The van der Waals surface area contributed by atoms with Crippen molar-refractivity contribution < 1.29 is 9.15 Å². The smallest absolute Gasteiger partial charge is 0.231 e. The summed E-state index contributed by atoms with van der Waals surface area (Å²) in [6, 6.07) is 25.6. The highest BCUT2D eigenvalue weighted by Gasteiger charge is 2.19. The van der Waals surface area contributed by atoms with Gasteiger partial charge in [0.05, 0.1) is 18.4 Å². The van der Waals surface area contributed by atoms with Crippen molar-refractivity contribution in [2.45, 2.75) is 0 Å². The van der Waals surface area contributed by atoms with Gasteiger partial charge >= 0.3 is 0 Å². The van der Waals surface area contributed by atoms with E-state index in [1.54, 1.807) is 7.11 Å². The largest absolute Gasteiger partial charge is 0.497 e. The summed E-state index contributed by atoms with van der Waals surface area (Å²) in [5, 5.41) is 4.83. The van der Waals surface area contributed by atoms with Crippen LogP contribution in [0.3, 0.4) is 0 Å². The van der Waals surface area contributed by atoms with Crippen LogP contribution >= 0.6 is 0 Å². The van der Waals surface area contributed by atoms with E-state index in [1.807, 2.05) is 89.7 Å². The lowest BCUT2D eigenvalue weighted by Crippen LogP contribution is -1.94. The summed E-state index contributed by atoms with van der Waals surface area (Å²) in [4.78, 5) is 4.67. The van der Waals surface area contributed by atoms with Crippen LogP contribution < -0.4 is 4.74 Å². The van der Waals surface area contributed by atoms with Gasteiger partial charge in [0.25, 0.3) is 0 Å². The Hall–Kier alpha value is -3.86. The Morgan fingerprint density at radius 1 is 0.857 bits per heavy atom. The number of benzene rings is 3. The van der Waals surface area contributed by atoms with Crippen LogP contribution in [0.25, 0.3) is 39.5 Å². The van der Waals surface area contributed by atoms with Crippen molar-refractivity contribution in [3.8, 4) is 34.1 Å². The molecule has 5 heteroatoms. The van der Waals surface area contributed by atoms with Crippen LogP contribution in [-0.2, 0) is 0 Å². The molecular weight excluding hydrogens is 350 g/mol. The lowest BCUT2D eigenvalue weighted by atomic mass is 10.1. The van der Waals surface area contributed by atoms with Gasteiger partial charge in [-0.3, -0.25) is 0 Å². The normalized spacial score (nSPS) is 11.0. The molecule has 5 rings (SSSR count). The van der Waals surface area contributed by atoms with Gasteiger partial charge in [-0.2, -0.15) is 5.10 Å². The topological polar surface area (TPSA) is 53.1 Å². The van der Waals surface area contributed by atoms with Gasteiger partial charge < -0.3 is 9.15 Å². The highest BCUT2D eigenvalue weighted by Crippen LogP contribution is 2.34. The van der Waals surface area contributed by atoms with E-state index in [0.29, 0.717) is 5.89 Å². The molecule has 2 aromatic heterocycles. The second kappa shape index (κ2) is 6.70. The first-order valence-corrected chi connectivity index (χ1v) is 8.97. The molecule has 2 heterocycles. The molecule has 0 saturated heterocycles. The molecule has 0 aliphatic heterocycles. The van der Waals surface area contributed by atoms with Crippen LogP contribution in [0.5, 0.6) is 5.75 Å². The van der Waals surface area contributed by atoms with Gasteiger partial charge in [0.1, 0.15) is 17.0 Å². The van der Waals surface area contributed by atoms with Crippen molar-refractivity contribution in [1.82, 2.24) is 14.8 Å². The van der Waals surface area contributed by atoms with Gasteiger partial charge in [0.15, 0.2) is 5.58 Å². The second-order valence-corrected chi connectivity index (χ2v) is 6.39. The van der Waals surface area contributed by atoms with Gasteiger partial charge in [-0.15, -0.1) is 0 Å². The van der Waals surface area contributed by atoms with E-state index in [0.717, 1.165) is 39.4 Å². The SMILES string of the molecule is COc1ccc(-c2nn(-c3ccccc3)cc2-c2nc3ccccc3o2)cc1. The average molecular weight is 367 g/mol. The van der Waals surface area contributed by atoms with Crippen molar-refractivity contribution in [2.75, 3.05) is 7.11 Å². The summed E-state index contributed by atoms with van der Waals surface area (Å²) in [6.07, 6.45) is 1.96. The third kappa shape index (κ3) is 2.83. The summed E-state index contributed by atoms with van der Waals surface area (Å²) in [5.41, 5.74) is 5.16. The van der Waals surface area contributed by atoms with Crippen LogP contribution in [0.2, 0.25) is 0 Å². The van der Waals surface area contributed by atoms with E-state index in [9.17, 15) is 0 Å². The van der Waals surface area contributed by atoms with E-state index < -0.39 is 0 Å². The number of rotatable bonds is 4. The first kappa shape index (κ1) is 16.3. The summed E-state index contributed by atoms with van der Waals surface area (Å²) in [7, 11) is 1.66. The summed E-state index contributed by atoms with van der Waals surface area (Å²) in [5.74, 6) is 1.35. The van der Waals surface area contributed by atoms with E-state index in [4.69, 9.17) is 14.3 Å². The number of fused-ring (bicyclic) bond motifs is 1. The number of ether oxygens (including phenoxy) is 1. The van der Waals surface area contributed by atoms with Crippen molar-refractivity contribution in [1.29, 1.82) is 0 Å². The van der Waals surface area contributed by atoms with Crippen LogP contribution in [0, 0.1) is 0 Å². The maximum Gasteiger partial charge on any atom is 0.231 e. The predicted molar refractivity (Wildman–Crippen MR) is 109 cm³/mol. The highest BCUT2D eigenvalue weighted by molar-refractivity contribution is 5.82. The van der Waals surface area contributed by atoms with Crippen LogP contribution in [0.15, 0.2) is 89.5 Å². The molecule has 28 heavy (non-hydrogen) atoms. The predicted octanol–water partition coefficient (Wildman–Crippen LogP) is 5.36. The van der Waals surface area contributed by atoms with E-state index in [-0.39, 0.29) is 0 Å². The molecular formula is C23H17N3O2. The number of hydrogen-bond acceptors (Lipinski definition) is 4. The van der Waals surface area contributed by atoms with E-state index in [1.165, 1.54) is 0 Å². The lowest BCUT2D eigenvalue weighted by Gasteiger charge is -2.02. The molecule has 5 aromatic rings. The minimum absolute atomic E-state index is 0.550. The van der Waals surface area contributed by atoms with Gasteiger partial charge in [-0.25, -0.2) is 9.67 Å². The number of aromatic nitrogens is 3. The zero-order valence-electron chi connectivity index (χ0n) is 15.2. The molecule has 0 amide bonds. The highest BCUT2D eigenvalue weighted by atomic mass is 16.5. The fourth-order valence-electron chi connectivity index (χ4n) is 3.19. The van der Waals surface area contributed by atoms with Crippen molar-refractivity contribution in [3.05, 3.63) is 85.1 Å². The third-order valence-corrected chi connectivity index (χ3v) is 4.62. The third-order valence-electron chi connectivity index (χ3n) is 4.62. The Bertz CT molecular complexity index is 1210. The molecule has 0 spiro atoms. The Morgan fingerprint density at radius 3 is 2.36 bits per heavy atom. The Balaban J connectivity index is 1.70. The van der Waals surface area contributed by atoms with Crippen LogP contribution in [0.1, 0.15) is 0 Å². The average Bonchev–Trinajstić information content (AvgIpc) is 3.39. The van der Waals surface area contributed by atoms with Crippen LogP contribution in [-0.4, -0.2) is 21.9 Å². The first-order chi connectivity index (χ1) is 13.8. The summed E-state index contributed by atoms with van der Waals surface area (Å²) >= 11 is 0. The standard InChI is InChI=1S/C23H17N3O2/c1-27-18-13-11-16(12-14-18)22-19(15-26(25-22)17-7-3-2-4-8-17)23-24-20-9-5-6-10-21(20)28-23/h2-15H,1H3. The molecule has 0 radical (unpaired) electrons. The Morgan fingerprint density at radius 2 is 1.61 bits per heavy atom. The molecule has 0 bridgehead atoms. The fourth-order valence-corrected chi connectivity index (χ4v) is 3.19. The molecule has 136 valence electrons. The molecule has 0 aliphatic carbocycles. The molecule has 0 atom stereocenters. The molecule has 0 aliphatic rings. The Labute approximate surface area is 161 Å². The Kier molecular flexibility index (Phi) is 3.91. The van der Waals surface area contributed by atoms with Gasteiger partial charge in [-0.05, 0) is 48.5 Å². The molecule has 0 saturated carbocycles. The van der Waals surface area contributed by atoms with Crippen molar-refractivity contribution in [3.63, 3.8) is 0 Å². The van der Waals surface area contributed by atoms with Crippen molar-refractivity contribution in [2.24, 2.45) is 0 Å².